The minimum absolute atomic E-state index is 0.174. The van der Waals surface area contributed by atoms with Crippen molar-refractivity contribution in [1.29, 1.82) is 0 Å². The third-order valence-electron chi connectivity index (χ3n) is 2.66. The van der Waals surface area contributed by atoms with E-state index in [1.54, 1.807) is 0 Å². The normalized spacial score (nSPS) is 10.4. The Bertz CT molecular complexity index is 558. The van der Waals surface area contributed by atoms with Crippen LogP contribution in [0.5, 0.6) is 0 Å². The van der Waals surface area contributed by atoms with Gasteiger partial charge in [-0.15, -0.1) is 0 Å². The number of rotatable bonds is 12. The summed E-state index contributed by atoms with van der Waals surface area (Å²) in [4.78, 5) is 75.2. The van der Waals surface area contributed by atoms with Gasteiger partial charge in [0, 0.05) is 20.0 Å². The predicted molar refractivity (Wildman–Crippen MR) is 78.7 cm³/mol. The second-order valence-corrected chi connectivity index (χ2v) is 4.98. The molecule has 0 bridgehead atoms. The zero-order chi connectivity index (χ0) is 20.3. The van der Waals surface area contributed by atoms with Crippen LogP contribution in [0.1, 0.15) is 6.92 Å². The fourth-order valence-corrected chi connectivity index (χ4v) is 1.64. The number of nitrogens with zero attached hydrogens (tertiary/aromatic N) is 2. The molecule has 0 atom stereocenters. The molecule has 0 heterocycles. The number of hydrogen-bond acceptors (Lipinski definition) is 10. The predicted octanol–water partition coefficient (Wildman–Crippen LogP) is -2.57. The molecule has 0 spiro atoms. The summed E-state index contributed by atoms with van der Waals surface area (Å²) in [6, 6.07) is 0. The fourth-order valence-electron chi connectivity index (χ4n) is 1.64. The van der Waals surface area contributed by atoms with Crippen molar-refractivity contribution in [2.75, 3.05) is 39.3 Å². The lowest BCUT2D eigenvalue weighted by atomic mass is 10.4. The molecule has 13 nitrogen and oxygen atoms in total. The van der Waals surface area contributed by atoms with Crippen molar-refractivity contribution < 1.29 is 53.9 Å². The molecule has 0 aliphatic heterocycles. The lowest BCUT2D eigenvalue weighted by molar-refractivity contribution is -0.257. The van der Waals surface area contributed by atoms with Crippen molar-refractivity contribution >= 4 is 35.6 Å². The van der Waals surface area contributed by atoms with E-state index in [4.69, 9.17) is 15.3 Å². The Hall–Kier alpha value is -3.06. The molecule has 0 saturated heterocycles. The molecular formula is C13H18N2O11. The molecule has 0 aromatic heterocycles. The van der Waals surface area contributed by atoms with E-state index in [0.717, 1.165) is 16.7 Å². The lowest BCUT2D eigenvalue weighted by Crippen LogP contribution is -2.43. The number of hydrogen-bond donors (Lipinski definition) is 3. The molecule has 0 aliphatic carbocycles. The van der Waals surface area contributed by atoms with Crippen molar-refractivity contribution in [1.82, 2.24) is 9.80 Å². The van der Waals surface area contributed by atoms with E-state index in [1.165, 1.54) is 0 Å². The number of carbonyl (C=O) groups is 6. The number of carboxylic acid groups (broad SMARTS) is 3. The molecule has 0 fully saturated rings. The van der Waals surface area contributed by atoms with Gasteiger partial charge in [-0.1, -0.05) is 0 Å². The number of Topliss-reactive ketones (excluding diaryl/α,β-unsaturated/α-hetero) is 1. The van der Waals surface area contributed by atoms with Crippen LogP contribution in [-0.4, -0.2) is 100 Å². The van der Waals surface area contributed by atoms with E-state index in [1.807, 2.05) is 0 Å². The fraction of sp³-hybridized carbons (Fsp3) is 0.538. The average Bonchev–Trinajstić information content (AvgIpc) is 2.48. The van der Waals surface area contributed by atoms with Gasteiger partial charge in [0.05, 0.1) is 19.6 Å². The third kappa shape index (κ3) is 11.5. The highest BCUT2D eigenvalue weighted by atomic mass is 17.2. The zero-order valence-electron chi connectivity index (χ0n) is 13.7. The van der Waals surface area contributed by atoms with Crippen LogP contribution in [0.15, 0.2) is 0 Å². The summed E-state index contributed by atoms with van der Waals surface area (Å²) in [6.45, 7) is -2.00. The second kappa shape index (κ2) is 11.5. The summed E-state index contributed by atoms with van der Waals surface area (Å²) in [6.07, 6.45) is 0. The summed E-state index contributed by atoms with van der Waals surface area (Å²) < 4.78 is 0. The van der Waals surface area contributed by atoms with Crippen LogP contribution >= 0.6 is 0 Å². The molecule has 0 radical (unpaired) electrons. The molecule has 0 saturated carbocycles. The quantitative estimate of drug-likeness (QED) is 0.183. The lowest BCUT2D eigenvalue weighted by Gasteiger charge is -2.23. The molecule has 0 amide bonds. The van der Waals surface area contributed by atoms with Gasteiger partial charge >= 0.3 is 29.8 Å². The monoisotopic (exact) mass is 378 g/mol. The van der Waals surface area contributed by atoms with Crippen LogP contribution in [0.25, 0.3) is 0 Å². The summed E-state index contributed by atoms with van der Waals surface area (Å²) >= 11 is 0. The smallest absolute Gasteiger partial charge is 0.421 e. The second-order valence-electron chi connectivity index (χ2n) is 4.98. The maximum atomic E-state index is 11.5. The third-order valence-corrected chi connectivity index (χ3v) is 2.66. The number of carboxylic acids is 3. The van der Waals surface area contributed by atoms with Gasteiger partial charge < -0.3 is 15.3 Å². The first kappa shape index (κ1) is 22.9. The maximum Gasteiger partial charge on any atom is 0.421 e. The van der Waals surface area contributed by atoms with Gasteiger partial charge in [-0.05, 0) is 0 Å². The van der Waals surface area contributed by atoms with Crippen molar-refractivity contribution in [2.24, 2.45) is 0 Å². The largest absolute Gasteiger partial charge is 0.480 e. The van der Waals surface area contributed by atoms with E-state index in [9.17, 15) is 28.8 Å². The van der Waals surface area contributed by atoms with Crippen molar-refractivity contribution in [3.63, 3.8) is 0 Å². The molecule has 146 valence electrons. The Kier molecular flexibility index (Phi) is 10.1. The van der Waals surface area contributed by atoms with Crippen LogP contribution in [0.2, 0.25) is 0 Å². The Morgan fingerprint density at radius 2 is 1.08 bits per heavy atom. The van der Waals surface area contributed by atoms with E-state index in [2.05, 4.69) is 9.78 Å². The Balaban J connectivity index is 4.70. The maximum absolute atomic E-state index is 11.5. The van der Waals surface area contributed by atoms with Gasteiger partial charge in [0.25, 0.3) is 0 Å². The highest BCUT2D eigenvalue weighted by Gasteiger charge is 2.21. The molecule has 26 heavy (non-hydrogen) atoms. The van der Waals surface area contributed by atoms with Gasteiger partial charge in [0.1, 0.15) is 6.54 Å². The van der Waals surface area contributed by atoms with Crippen molar-refractivity contribution in [2.45, 2.75) is 6.92 Å². The summed E-state index contributed by atoms with van der Waals surface area (Å²) in [5.74, 6) is -7.50. The molecular weight excluding hydrogens is 360 g/mol. The molecule has 0 rings (SSSR count). The molecule has 0 unspecified atom stereocenters. The van der Waals surface area contributed by atoms with Crippen molar-refractivity contribution in [3.8, 4) is 0 Å². The van der Waals surface area contributed by atoms with Gasteiger partial charge in [0.15, 0.2) is 0 Å². The van der Waals surface area contributed by atoms with Crippen LogP contribution in [-0.2, 0) is 38.5 Å². The summed E-state index contributed by atoms with van der Waals surface area (Å²) in [7, 11) is 0. The first-order chi connectivity index (χ1) is 12.0. The minimum atomic E-state index is -1.42. The molecule has 0 aliphatic rings. The van der Waals surface area contributed by atoms with E-state index in [0.29, 0.717) is 0 Å². The molecule has 13 heteroatoms. The molecule has 3 N–H and O–H groups in total. The van der Waals surface area contributed by atoms with E-state index >= 15 is 0 Å². The first-order valence-electron chi connectivity index (χ1n) is 7.03. The van der Waals surface area contributed by atoms with Crippen LogP contribution in [0.4, 0.5) is 0 Å². The summed E-state index contributed by atoms with van der Waals surface area (Å²) in [5, 5.41) is 26.3. The van der Waals surface area contributed by atoms with Gasteiger partial charge in [0.2, 0.25) is 5.78 Å². The SMILES string of the molecule is CC(=O)C(=O)OOC(=O)CN(CCN(CC(=O)O)CC(=O)O)CC(=O)O. The highest BCUT2D eigenvalue weighted by molar-refractivity contribution is 6.32. The number of aliphatic carboxylic acids is 3. The van der Waals surface area contributed by atoms with E-state index < -0.39 is 61.8 Å². The molecule has 0 aromatic carbocycles. The van der Waals surface area contributed by atoms with Crippen LogP contribution < -0.4 is 0 Å². The van der Waals surface area contributed by atoms with Gasteiger partial charge in [-0.25, -0.2) is 19.4 Å². The topological polar surface area (TPSA) is 188 Å². The molecule has 0 aromatic rings. The Morgan fingerprint density at radius 1 is 0.692 bits per heavy atom. The number of carbonyl (C=O) groups excluding carboxylic acids is 3. The first-order valence-corrected chi connectivity index (χ1v) is 7.03. The minimum Gasteiger partial charge on any atom is -0.480 e. The van der Waals surface area contributed by atoms with Crippen LogP contribution in [0, 0.1) is 0 Å². The Labute approximate surface area is 146 Å². The average molecular weight is 378 g/mol. The van der Waals surface area contributed by atoms with Gasteiger partial charge in [-0.3, -0.25) is 29.0 Å². The standard InChI is InChI=1S/C13H18N2O11/c1-8(16)13(24)26-25-12(23)7-15(6-11(21)22)3-2-14(4-9(17)18)5-10(19)20/h2-7H2,1H3,(H,17,18)(H,19,20)(H,21,22). The highest BCUT2D eigenvalue weighted by Crippen LogP contribution is 1.96. The van der Waals surface area contributed by atoms with Crippen LogP contribution in [0.3, 0.4) is 0 Å². The van der Waals surface area contributed by atoms with Crippen molar-refractivity contribution in [3.05, 3.63) is 0 Å². The zero-order valence-corrected chi connectivity index (χ0v) is 13.7. The number of ketones is 1. The Morgan fingerprint density at radius 3 is 1.42 bits per heavy atom. The van der Waals surface area contributed by atoms with E-state index in [-0.39, 0.29) is 13.1 Å². The summed E-state index contributed by atoms with van der Waals surface area (Å²) in [5.41, 5.74) is 0. The van der Waals surface area contributed by atoms with Gasteiger partial charge in [-0.2, -0.15) is 0 Å².